The van der Waals surface area contributed by atoms with Crippen LogP contribution in [0.4, 0.5) is 4.39 Å². The van der Waals surface area contributed by atoms with E-state index in [-0.39, 0.29) is 11.9 Å². The number of rotatable bonds is 5. The zero-order valence-corrected chi connectivity index (χ0v) is 14.4. The average Bonchev–Trinajstić information content (AvgIpc) is 3.29. The summed E-state index contributed by atoms with van der Waals surface area (Å²) in [4.78, 5) is 12.1. The minimum absolute atomic E-state index is 0.163. The fourth-order valence-corrected chi connectivity index (χ4v) is 3.53. The molecule has 1 fully saturated rings. The molecule has 3 aromatic rings. The molecule has 1 unspecified atom stereocenters. The van der Waals surface area contributed by atoms with E-state index in [0.29, 0.717) is 18.9 Å². The van der Waals surface area contributed by atoms with Crippen molar-refractivity contribution in [3.63, 3.8) is 0 Å². The number of hydrogen-bond acceptors (Lipinski definition) is 6. The summed E-state index contributed by atoms with van der Waals surface area (Å²) in [5, 5.41) is 0. The Morgan fingerprint density at radius 3 is 2.92 bits per heavy atom. The van der Waals surface area contributed by atoms with Crippen LogP contribution in [0.25, 0.3) is 0 Å². The number of ether oxygens (including phenoxy) is 1. The van der Waals surface area contributed by atoms with Gasteiger partial charge in [0.15, 0.2) is 0 Å². The molecule has 1 saturated heterocycles. The van der Waals surface area contributed by atoms with Crippen LogP contribution in [-0.4, -0.2) is 34.6 Å². The van der Waals surface area contributed by atoms with Crippen LogP contribution in [0.15, 0.2) is 46.6 Å². The molecule has 0 bridgehead atoms. The molecule has 0 spiro atoms. The number of thiazole rings is 1. The van der Waals surface area contributed by atoms with Gasteiger partial charge in [0.25, 0.3) is 0 Å². The summed E-state index contributed by atoms with van der Waals surface area (Å²) in [6.45, 7) is 3.15. The lowest BCUT2D eigenvalue weighted by Gasteiger charge is -2.30. The van der Waals surface area contributed by atoms with Crippen molar-refractivity contribution >= 4 is 11.3 Å². The van der Waals surface area contributed by atoms with E-state index in [0.717, 1.165) is 31.0 Å². The van der Waals surface area contributed by atoms with E-state index >= 15 is 0 Å². The summed E-state index contributed by atoms with van der Waals surface area (Å²) in [5.74, 6) is 1.12. The molecule has 1 aliphatic heterocycles. The Morgan fingerprint density at radius 1 is 1.24 bits per heavy atom. The predicted molar refractivity (Wildman–Crippen MR) is 91.8 cm³/mol. The fourth-order valence-electron chi connectivity index (χ4n) is 2.89. The van der Waals surface area contributed by atoms with Crippen molar-refractivity contribution in [1.82, 2.24) is 14.9 Å². The molecule has 0 N–H and O–H groups in total. The SMILES string of the molecule is Fc1ccc(Cc2cnc(C3CN(Cc4cncs4)CCO3)o2)cc1. The van der Waals surface area contributed by atoms with E-state index in [4.69, 9.17) is 9.15 Å². The highest BCUT2D eigenvalue weighted by Gasteiger charge is 2.26. The van der Waals surface area contributed by atoms with Gasteiger partial charge in [-0.05, 0) is 17.7 Å². The van der Waals surface area contributed by atoms with Gasteiger partial charge < -0.3 is 9.15 Å². The van der Waals surface area contributed by atoms with Crippen molar-refractivity contribution in [2.75, 3.05) is 19.7 Å². The highest BCUT2D eigenvalue weighted by atomic mass is 32.1. The Balaban J connectivity index is 1.39. The quantitative estimate of drug-likeness (QED) is 0.698. The van der Waals surface area contributed by atoms with Crippen LogP contribution in [0, 0.1) is 5.82 Å². The van der Waals surface area contributed by atoms with Crippen LogP contribution < -0.4 is 0 Å². The maximum atomic E-state index is 13.0. The minimum atomic E-state index is -0.237. The number of benzene rings is 1. The predicted octanol–water partition coefficient (Wildman–Crippen LogP) is 3.43. The maximum absolute atomic E-state index is 13.0. The zero-order valence-electron chi connectivity index (χ0n) is 13.6. The Labute approximate surface area is 149 Å². The topological polar surface area (TPSA) is 51.4 Å². The van der Waals surface area contributed by atoms with Gasteiger partial charge in [0.05, 0.1) is 18.3 Å². The smallest absolute Gasteiger partial charge is 0.224 e. The van der Waals surface area contributed by atoms with Crippen LogP contribution in [0.3, 0.4) is 0 Å². The third-order valence-electron chi connectivity index (χ3n) is 4.15. The highest BCUT2D eigenvalue weighted by Crippen LogP contribution is 2.24. The summed E-state index contributed by atoms with van der Waals surface area (Å²) in [7, 11) is 0. The molecule has 0 aliphatic carbocycles. The number of morpholine rings is 1. The first kappa shape index (κ1) is 16.4. The maximum Gasteiger partial charge on any atom is 0.224 e. The minimum Gasteiger partial charge on any atom is -0.442 e. The Morgan fingerprint density at radius 2 is 2.12 bits per heavy atom. The first-order valence-corrected chi connectivity index (χ1v) is 9.04. The van der Waals surface area contributed by atoms with Gasteiger partial charge in [-0.25, -0.2) is 9.37 Å². The molecular weight excluding hydrogens is 341 g/mol. The van der Waals surface area contributed by atoms with Crippen molar-refractivity contribution in [2.24, 2.45) is 0 Å². The Bertz CT molecular complexity index is 804. The van der Waals surface area contributed by atoms with E-state index in [2.05, 4.69) is 14.9 Å². The van der Waals surface area contributed by atoms with Crippen LogP contribution in [0.1, 0.15) is 28.2 Å². The molecule has 1 atom stereocenters. The van der Waals surface area contributed by atoms with Crippen molar-refractivity contribution < 1.29 is 13.5 Å². The van der Waals surface area contributed by atoms with Crippen LogP contribution in [0.2, 0.25) is 0 Å². The second kappa shape index (κ2) is 7.43. The fraction of sp³-hybridized carbons (Fsp3) is 0.333. The molecule has 25 heavy (non-hydrogen) atoms. The molecule has 5 nitrogen and oxygen atoms in total. The van der Waals surface area contributed by atoms with Crippen LogP contribution in [-0.2, 0) is 17.7 Å². The first-order valence-electron chi connectivity index (χ1n) is 8.16. The average molecular weight is 359 g/mol. The molecule has 0 radical (unpaired) electrons. The molecular formula is C18H18FN3O2S. The number of aromatic nitrogens is 2. The first-order chi connectivity index (χ1) is 12.3. The Kier molecular flexibility index (Phi) is 4.87. The molecule has 2 aromatic heterocycles. The summed E-state index contributed by atoms with van der Waals surface area (Å²) >= 11 is 1.66. The number of oxazole rings is 1. The summed E-state index contributed by atoms with van der Waals surface area (Å²) < 4.78 is 24.7. The molecule has 1 aromatic carbocycles. The summed E-state index contributed by atoms with van der Waals surface area (Å²) in [5.41, 5.74) is 2.84. The highest BCUT2D eigenvalue weighted by molar-refractivity contribution is 7.09. The molecule has 130 valence electrons. The van der Waals surface area contributed by atoms with Crippen molar-refractivity contribution in [3.8, 4) is 0 Å². The molecule has 1 aliphatic rings. The lowest BCUT2D eigenvalue weighted by molar-refractivity contribution is -0.0454. The normalized spacial score (nSPS) is 18.5. The van der Waals surface area contributed by atoms with Gasteiger partial charge in [0.1, 0.15) is 17.7 Å². The summed E-state index contributed by atoms with van der Waals surface area (Å²) in [6, 6.07) is 6.42. The van der Waals surface area contributed by atoms with Gasteiger partial charge in [0.2, 0.25) is 5.89 Å². The standard InChI is InChI=1S/C18H18FN3O2S/c19-14-3-1-13(2-4-14)7-15-8-21-18(24-15)17-11-22(5-6-23-17)10-16-9-20-12-25-16/h1-4,8-9,12,17H,5-7,10-11H2. The van der Waals surface area contributed by atoms with E-state index in [1.54, 1.807) is 29.7 Å². The van der Waals surface area contributed by atoms with E-state index in [1.807, 2.05) is 11.7 Å². The lowest BCUT2D eigenvalue weighted by atomic mass is 10.1. The van der Waals surface area contributed by atoms with Gasteiger partial charge >= 0.3 is 0 Å². The van der Waals surface area contributed by atoms with Gasteiger partial charge in [-0.2, -0.15) is 0 Å². The molecule has 0 amide bonds. The van der Waals surface area contributed by atoms with Crippen molar-refractivity contribution in [2.45, 2.75) is 19.1 Å². The molecule has 0 saturated carbocycles. The van der Waals surface area contributed by atoms with Crippen molar-refractivity contribution in [3.05, 3.63) is 70.1 Å². The number of nitrogens with zero attached hydrogens (tertiary/aromatic N) is 3. The second-order valence-corrected chi connectivity index (χ2v) is 7.00. The van der Waals surface area contributed by atoms with Crippen LogP contribution >= 0.6 is 11.3 Å². The molecule has 3 heterocycles. The number of hydrogen-bond donors (Lipinski definition) is 0. The van der Waals surface area contributed by atoms with Crippen molar-refractivity contribution in [1.29, 1.82) is 0 Å². The van der Waals surface area contributed by atoms with Gasteiger partial charge in [-0.1, -0.05) is 12.1 Å². The van der Waals surface area contributed by atoms with Gasteiger partial charge in [-0.15, -0.1) is 11.3 Å². The number of halogens is 1. The second-order valence-electron chi connectivity index (χ2n) is 6.03. The third kappa shape index (κ3) is 4.12. The van der Waals surface area contributed by atoms with Gasteiger partial charge in [-0.3, -0.25) is 9.88 Å². The molecule has 7 heteroatoms. The van der Waals surface area contributed by atoms with Gasteiger partial charge in [0, 0.05) is 37.1 Å². The van der Waals surface area contributed by atoms with E-state index < -0.39 is 0 Å². The zero-order chi connectivity index (χ0) is 17.1. The monoisotopic (exact) mass is 359 g/mol. The largest absolute Gasteiger partial charge is 0.442 e. The summed E-state index contributed by atoms with van der Waals surface area (Å²) in [6.07, 6.45) is 4.05. The van der Waals surface area contributed by atoms with E-state index in [9.17, 15) is 4.39 Å². The third-order valence-corrected chi connectivity index (χ3v) is 4.92. The lowest BCUT2D eigenvalue weighted by Crippen LogP contribution is -2.37. The van der Waals surface area contributed by atoms with Crippen LogP contribution in [0.5, 0.6) is 0 Å². The van der Waals surface area contributed by atoms with E-state index in [1.165, 1.54) is 17.0 Å². The Hall–Kier alpha value is -2.09. The molecule has 4 rings (SSSR count).